The van der Waals surface area contributed by atoms with Crippen LogP contribution in [0.15, 0.2) is 30.3 Å². The molecule has 19 heavy (non-hydrogen) atoms. The van der Waals surface area contributed by atoms with Crippen LogP contribution in [0.5, 0.6) is 0 Å². The second-order valence-corrected chi connectivity index (χ2v) is 7.30. The summed E-state index contributed by atoms with van der Waals surface area (Å²) in [5, 5.41) is 0. The molecular formula is C18H25N. The summed E-state index contributed by atoms with van der Waals surface area (Å²) in [6.45, 7) is 0. The fourth-order valence-electron chi connectivity index (χ4n) is 5.00. The Labute approximate surface area is 116 Å². The highest BCUT2D eigenvalue weighted by Gasteiger charge is 2.51. The first-order valence-electron chi connectivity index (χ1n) is 8.09. The number of hydrogen-bond donors (Lipinski definition) is 1. The summed E-state index contributed by atoms with van der Waals surface area (Å²) in [4.78, 5) is 0. The predicted octanol–water partition coefficient (Wildman–Crippen LogP) is 3.87. The lowest BCUT2D eigenvalue weighted by molar-refractivity contribution is 0.277. The van der Waals surface area contributed by atoms with E-state index in [9.17, 15) is 0 Å². The van der Waals surface area contributed by atoms with Gasteiger partial charge in [-0.1, -0.05) is 36.8 Å². The summed E-state index contributed by atoms with van der Waals surface area (Å²) in [5.41, 5.74) is 8.49. The summed E-state index contributed by atoms with van der Waals surface area (Å²) in [6, 6.07) is 11.4. The third-order valence-corrected chi connectivity index (χ3v) is 6.29. The molecule has 0 radical (unpaired) electrons. The highest BCUT2D eigenvalue weighted by molar-refractivity contribution is 5.33. The maximum Gasteiger partial charge on any atom is 0.0139 e. The van der Waals surface area contributed by atoms with E-state index in [1.54, 1.807) is 0 Å². The SMILES string of the molecule is NC(CC1CC2CCC1C2)C1(c2ccccc2)CC1. The second-order valence-electron chi connectivity index (χ2n) is 7.30. The number of hydrogen-bond acceptors (Lipinski definition) is 1. The van der Waals surface area contributed by atoms with Crippen molar-refractivity contribution in [1.29, 1.82) is 0 Å². The normalized spacial score (nSPS) is 36.4. The van der Waals surface area contributed by atoms with Crippen molar-refractivity contribution < 1.29 is 0 Å². The molecule has 3 aliphatic rings. The van der Waals surface area contributed by atoms with Crippen LogP contribution in [0.4, 0.5) is 0 Å². The highest BCUT2D eigenvalue weighted by atomic mass is 14.7. The Morgan fingerprint density at radius 2 is 1.89 bits per heavy atom. The second kappa shape index (κ2) is 4.34. The molecule has 0 amide bonds. The zero-order valence-electron chi connectivity index (χ0n) is 11.7. The van der Waals surface area contributed by atoms with Crippen molar-refractivity contribution in [1.82, 2.24) is 0 Å². The van der Waals surface area contributed by atoms with Gasteiger partial charge in [-0.05, 0) is 61.8 Å². The van der Waals surface area contributed by atoms with Gasteiger partial charge >= 0.3 is 0 Å². The molecule has 1 heteroatoms. The van der Waals surface area contributed by atoms with Gasteiger partial charge in [-0.25, -0.2) is 0 Å². The fraction of sp³-hybridized carbons (Fsp3) is 0.667. The van der Waals surface area contributed by atoms with Gasteiger partial charge in [0.05, 0.1) is 0 Å². The molecule has 102 valence electrons. The van der Waals surface area contributed by atoms with E-state index in [1.165, 1.54) is 50.5 Å². The predicted molar refractivity (Wildman–Crippen MR) is 78.9 cm³/mol. The van der Waals surface area contributed by atoms with Crippen LogP contribution in [-0.4, -0.2) is 6.04 Å². The number of nitrogens with two attached hydrogens (primary N) is 1. The summed E-state index contributed by atoms with van der Waals surface area (Å²) < 4.78 is 0. The van der Waals surface area contributed by atoms with Crippen molar-refractivity contribution in [2.45, 2.75) is 56.4 Å². The molecule has 0 spiro atoms. The molecule has 1 nitrogen and oxygen atoms in total. The molecule has 2 bridgehead atoms. The topological polar surface area (TPSA) is 26.0 Å². The summed E-state index contributed by atoms with van der Waals surface area (Å²) in [6.07, 6.45) is 9.85. The molecule has 1 aromatic rings. The smallest absolute Gasteiger partial charge is 0.0139 e. The zero-order chi connectivity index (χ0) is 12.9. The van der Waals surface area contributed by atoms with Crippen LogP contribution in [0.1, 0.15) is 50.5 Å². The Morgan fingerprint density at radius 3 is 2.47 bits per heavy atom. The molecule has 2 N–H and O–H groups in total. The van der Waals surface area contributed by atoms with Gasteiger partial charge in [0.15, 0.2) is 0 Å². The van der Waals surface area contributed by atoms with E-state index < -0.39 is 0 Å². The molecule has 3 saturated carbocycles. The molecule has 4 unspecified atom stereocenters. The quantitative estimate of drug-likeness (QED) is 0.868. The van der Waals surface area contributed by atoms with Crippen molar-refractivity contribution in [2.24, 2.45) is 23.5 Å². The number of rotatable bonds is 4. The van der Waals surface area contributed by atoms with Crippen LogP contribution in [0, 0.1) is 17.8 Å². The van der Waals surface area contributed by atoms with Crippen molar-refractivity contribution in [3.8, 4) is 0 Å². The number of fused-ring (bicyclic) bond motifs is 2. The van der Waals surface area contributed by atoms with Crippen molar-refractivity contribution in [3.05, 3.63) is 35.9 Å². The van der Waals surface area contributed by atoms with E-state index in [-0.39, 0.29) is 0 Å². The van der Waals surface area contributed by atoms with Crippen LogP contribution >= 0.6 is 0 Å². The minimum atomic E-state index is 0.336. The zero-order valence-corrected chi connectivity index (χ0v) is 11.7. The van der Waals surface area contributed by atoms with E-state index in [4.69, 9.17) is 5.73 Å². The van der Waals surface area contributed by atoms with E-state index in [2.05, 4.69) is 30.3 Å². The van der Waals surface area contributed by atoms with Gasteiger partial charge in [0, 0.05) is 11.5 Å². The third kappa shape index (κ3) is 1.94. The molecule has 4 rings (SSSR count). The van der Waals surface area contributed by atoms with Gasteiger partial charge in [0.2, 0.25) is 0 Å². The van der Waals surface area contributed by atoms with E-state index in [0.29, 0.717) is 11.5 Å². The van der Waals surface area contributed by atoms with Crippen LogP contribution in [-0.2, 0) is 5.41 Å². The lowest BCUT2D eigenvalue weighted by Gasteiger charge is -2.30. The minimum Gasteiger partial charge on any atom is -0.327 e. The summed E-state index contributed by atoms with van der Waals surface area (Å²) in [7, 11) is 0. The first-order chi connectivity index (χ1) is 9.28. The molecule has 4 atom stereocenters. The molecule has 0 aromatic heterocycles. The standard InChI is InChI=1S/C18H25N/c19-17(12-15-11-13-6-7-14(15)10-13)18(8-9-18)16-4-2-1-3-5-16/h1-5,13-15,17H,6-12,19H2. The maximum absolute atomic E-state index is 6.66. The Bertz CT molecular complexity index is 448. The van der Waals surface area contributed by atoms with E-state index >= 15 is 0 Å². The Hall–Kier alpha value is -0.820. The van der Waals surface area contributed by atoms with Crippen LogP contribution in [0.2, 0.25) is 0 Å². The van der Waals surface area contributed by atoms with Crippen LogP contribution < -0.4 is 5.73 Å². The van der Waals surface area contributed by atoms with Gasteiger partial charge in [-0.3, -0.25) is 0 Å². The lowest BCUT2D eigenvalue weighted by Crippen LogP contribution is -2.37. The molecule has 3 fully saturated rings. The summed E-state index contributed by atoms with van der Waals surface area (Å²) in [5.74, 6) is 3.01. The Kier molecular flexibility index (Phi) is 2.73. The Balaban J connectivity index is 1.47. The summed E-state index contributed by atoms with van der Waals surface area (Å²) >= 11 is 0. The molecular weight excluding hydrogens is 230 g/mol. The maximum atomic E-state index is 6.66. The first kappa shape index (κ1) is 12.0. The Morgan fingerprint density at radius 1 is 1.11 bits per heavy atom. The molecule has 3 aliphatic carbocycles. The average molecular weight is 255 g/mol. The van der Waals surface area contributed by atoms with Crippen LogP contribution in [0.25, 0.3) is 0 Å². The molecule has 0 heterocycles. The van der Waals surface area contributed by atoms with Crippen LogP contribution in [0.3, 0.4) is 0 Å². The molecule has 0 aliphatic heterocycles. The largest absolute Gasteiger partial charge is 0.327 e. The monoisotopic (exact) mass is 255 g/mol. The van der Waals surface area contributed by atoms with Gasteiger partial charge < -0.3 is 5.73 Å². The van der Waals surface area contributed by atoms with Gasteiger partial charge in [-0.15, -0.1) is 0 Å². The first-order valence-corrected chi connectivity index (χ1v) is 8.09. The van der Waals surface area contributed by atoms with Crippen molar-refractivity contribution in [3.63, 3.8) is 0 Å². The number of benzene rings is 1. The lowest BCUT2D eigenvalue weighted by atomic mass is 9.78. The molecule has 1 aromatic carbocycles. The van der Waals surface area contributed by atoms with E-state index in [0.717, 1.165) is 17.8 Å². The average Bonchev–Trinajstić information content (AvgIpc) is 3.01. The van der Waals surface area contributed by atoms with Gasteiger partial charge in [0.25, 0.3) is 0 Å². The molecule has 0 saturated heterocycles. The van der Waals surface area contributed by atoms with Crippen molar-refractivity contribution in [2.75, 3.05) is 0 Å². The minimum absolute atomic E-state index is 0.336. The fourth-order valence-corrected chi connectivity index (χ4v) is 5.00. The highest BCUT2D eigenvalue weighted by Crippen LogP contribution is 2.55. The third-order valence-electron chi connectivity index (χ3n) is 6.29. The van der Waals surface area contributed by atoms with E-state index in [1.807, 2.05) is 0 Å². The van der Waals surface area contributed by atoms with Crippen molar-refractivity contribution >= 4 is 0 Å². The van der Waals surface area contributed by atoms with Gasteiger partial charge in [-0.2, -0.15) is 0 Å². The van der Waals surface area contributed by atoms with Gasteiger partial charge in [0.1, 0.15) is 0 Å².